The first kappa shape index (κ1) is 14.3. The topological polar surface area (TPSA) is 61.0 Å². The normalized spacial score (nSPS) is 23.0. The summed E-state index contributed by atoms with van der Waals surface area (Å²) in [4.78, 5) is 14.2. The predicted molar refractivity (Wildman–Crippen MR) is 75.8 cm³/mol. The van der Waals surface area contributed by atoms with Crippen LogP contribution >= 0.6 is 12.4 Å². The van der Waals surface area contributed by atoms with Gasteiger partial charge in [0.25, 0.3) is 5.91 Å². The molecule has 1 atom stereocenters. The molecule has 0 aromatic carbocycles. The van der Waals surface area contributed by atoms with Crippen LogP contribution in [0.1, 0.15) is 47.8 Å². The summed E-state index contributed by atoms with van der Waals surface area (Å²) in [6.07, 6.45) is 4.66. The van der Waals surface area contributed by atoms with Crippen molar-refractivity contribution in [3.63, 3.8) is 0 Å². The van der Waals surface area contributed by atoms with Gasteiger partial charge in [0.1, 0.15) is 5.69 Å². The Kier molecular flexibility index (Phi) is 4.47. The third-order valence-electron chi connectivity index (χ3n) is 3.95. The minimum absolute atomic E-state index is 0. The van der Waals surface area contributed by atoms with Crippen molar-refractivity contribution in [2.45, 2.75) is 37.6 Å². The number of hydrogen-bond acceptors (Lipinski definition) is 3. The fourth-order valence-corrected chi connectivity index (χ4v) is 2.61. The highest BCUT2D eigenvalue weighted by Gasteiger charge is 2.29. The Labute approximate surface area is 119 Å². The number of aromatic nitrogens is 2. The smallest absolute Gasteiger partial charge is 0.274 e. The van der Waals surface area contributed by atoms with Crippen LogP contribution in [0.3, 0.4) is 0 Å². The summed E-state index contributed by atoms with van der Waals surface area (Å²) < 4.78 is 0. The molecule has 6 heteroatoms. The highest BCUT2D eigenvalue weighted by Crippen LogP contribution is 2.39. The first-order chi connectivity index (χ1) is 8.78. The number of H-pyrrole nitrogens is 1. The Morgan fingerprint density at radius 3 is 2.95 bits per heavy atom. The van der Waals surface area contributed by atoms with E-state index >= 15 is 0 Å². The van der Waals surface area contributed by atoms with E-state index in [2.05, 4.69) is 15.5 Å². The highest BCUT2D eigenvalue weighted by atomic mass is 35.5. The van der Waals surface area contributed by atoms with Crippen molar-refractivity contribution in [3.8, 4) is 0 Å². The summed E-state index contributed by atoms with van der Waals surface area (Å²) in [7, 11) is 1.96. The second-order valence-corrected chi connectivity index (χ2v) is 5.36. The molecule has 1 aromatic heterocycles. The largest absolute Gasteiger partial charge is 0.336 e. The first-order valence-corrected chi connectivity index (χ1v) is 6.80. The number of nitrogens with one attached hydrogen (secondary N) is 2. The molecule has 3 rings (SSSR count). The summed E-state index contributed by atoms with van der Waals surface area (Å²) >= 11 is 0. The molecule has 1 amide bonds. The average molecular weight is 285 g/mol. The second-order valence-electron chi connectivity index (χ2n) is 5.36. The first-order valence-electron chi connectivity index (χ1n) is 6.80. The molecule has 0 radical (unpaired) electrons. The molecular formula is C13H21ClN4O. The van der Waals surface area contributed by atoms with Gasteiger partial charge in [0.15, 0.2) is 0 Å². The third-order valence-corrected chi connectivity index (χ3v) is 3.95. The van der Waals surface area contributed by atoms with Crippen molar-refractivity contribution in [3.05, 3.63) is 17.5 Å². The average Bonchev–Trinajstić information content (AvgIpc) is 3.16. The van der Waals surface area contributed by atoms with Crippen molar-refractivity contribution >= 4 is 18.3 Å². The molecule has 1 saturated carbocycles. The monoisotopic (exact) mass is 284 g/mol. The van der Waals surface area contributed by atoms with Crippen molar-refractivity contribution in [1.29, 1.82) is 0 Å². The number of carbonyl (C=O) groups is 1. The molecule has 2 fully saturated rings. The molecular weight excluding hydrogens is 264 g/mol. The van der Waals surface area contributed by atoms with E-state index < -0.39 is 0 Å². The lowest BCUT2D eigenvalue weighted by Gasteiger charge is -2.32. The van der Waals surface area contributed by atoms with Crippen molar-refractivity contribution in [1.82, 2.24) is 20.4 Å². The van der Waals surface area contributed by atoms with Gasteiger partial charge in [0.05, 0.1) is 0 Å². The number of rotatable bonds is 3. The molecule has 1 aliphatic heterocycles. The van der Waals surface area contributed by atoms with Crippen molar-refractivity contribution < 1.29 is 4.79 Å². The Hall–Kier alpha value is -1.07. The van der Waals surface area contributed by atoms with Crippen molar-refractivity contribution in [2.24, 2.45) is 0 Å². The van der Waals surface area contributed by atoms with Crippen molar-refractivity contribution in [2.75, 3.05) is 20.1 Å². The molecule has 1 aromatic rings. The van der Waals surface area contributed by atoms with Gasteiger partial charge < -0.3 is 10.2 Å². The van der Waals surface area contributed by atoms with Crippen LogP contribution in [0.2, 0.25) is 0 Å². The quantitative estimate of drug-likeness (QED) is 0.885. The standard InChI is InChI=1S/C13H20N4O.ClH/c1-14-10-3-2-6-17(8-10)13(18)12-7-11(15-16-12)9-4-5-9;/h7,9-10,14H,2-6,8H2,1H3,(H,15,16);1H. The van der Waals surface area contributed by atoms with Crippen LogP contribution < -0.4 is 5.32 Å². The molecule has 5 nitrogen and oxygen atoms in total. The fourth-order valence-electron chi connectivity index (χ4n) is 2.61. The molecule has 106 valence electrons. The van der Waals surface area contributed by atoms with Crippen LogP contribution in [0.15, 0.2) is 6.07 Å². The minimum Gasteiger partial charge on any atom is -0.336 e. The van der Waals surface area contributed by atoms with Gasteiger partial charge in [-0.3, -0.25) is 9.89 Å². The van der Waals surface area contributed by atoms with Gasteiger partial charge in [0.2, 0.25) is 0 Å². The molecule has 19 heavy (non-hydrogen) atoms. The van der Waals surface area contributed by atoms with E-state index in [0.717, 1.165) is 31.6 Å². The molecule has 1 saturated heterocycles. The van der Waals surface area contributed by atoms with Crippen LogP contribution in [0.25, 0.3) is 0 Å². The van der Waals surface area contributed by atoms with Gasteiger partial charge in [0, 0.05) is 30.7 Å². The number of halogens is 1. The van der Waals surface area contributed by atoms with E-state index in [1.54, 1.807) is 0 Å². The van der Waals surface area contributed by atoms with E-state index in [0.29, 0.717) is 17.7 Å². The van der Waals surface area contributed by atoms with Crippen LogP contribution in [-0.4, -0.2) is 47.2 Å². The summed E-state index contributed by atoms with van der Waals surface area (Å²) in [5.74, 6) is 0.684. The highest BCUT2D eigenvalue weighted by molar-refractivity contribution is 5.92. The number of piperidine rings is 1. The fraction of sp³-hybridized carbons (Fsp3) is 0.692. The second kappa shape index (κ2) is 5.92. The maximum absolute atomic E-state index is 12.3. The van der Waals surface area contributed by atoms with E-state index in [1.165, 1.54) is 12.8 Å². The van der Waals surface area contributed by atoms with Gasteiger partial charge in [-0.25, -0.2) is 0 Å². The number of likely N-dealkylation sites (N-methyl/N-ethyl adjacent to an activating group) is 1. The van der Waals surface area contributed by atoms with E-state index in [1.807, 2.05) is 18.0 Å². The van der Waals surface area contributed by atoms with Crippen LogP contribution in [0.4, 0.5) is 0 Å². The minimum atomic E-state index is 0. The molecule has 2 heterocycles. The van der Waals surface area contributed by atoms with Gasteiger partial charge in [-0.15, -0.1) is 12.4 Å². The lowest BCUT2D eigenvalue weighted by Crippen LogP contribution is -2.47. The molecule has 2 N–H and O–H groups in total. The predicted octanol–water partition coefficient (Wildman–Crippen LogP) is 1.53. The zero-order valence-corrected chi connectivity index (χ0v) is 12.0. The number of carbonyl (C=O) groups excluding carboxylic acids is 1. The summed E-state index contributed by atoms with van der Waals surface area (Å²) in [5, 5.41) is 10.4. The Morgan fingerprint density at radius 1 is 1.47 bits per heavy atom. The van der Waals surface area contributed by atoms with Gasteiger partial charge in [-0.2, -0.15) is 5.10 Å². The molecule has 2 aliphatic rings. The van der Waals surface area contributed by atoms with E-state index in [9.17, 15) is 4.79 Å². The van der Waals surface area contributed by atoms with Gasteiger partial charge >= 0.3 is 0 Å². The van der Waals surface area contributed by atoms with Crippen LogP contribution in [0, 0.1) is 0 Å². The van der Waals surface area contributed by atoms with Crippen LogP contribution in [-0.2, 0) is 0 Å². The van der Waals surface area contributed by atoms with Crippen LogP contribution in [0.5, 0.6) is 0 Å². The molecule has 0 spiro atoms. The summed E-state index contributed by atoms with van der Waals surface area (Å²) in [6.45, 7) is 1.64. The van der Waals surface area contributed by atoms with Gasteiger partial charge in [-0.05, 0) is 38.8 Å². The summed E-state index contributed by atoms with van der Waals surface area (Å²) in [6, 6.07) is 2.35. The van der Waals surface area contributed by atoms with E-state index in [-0.39, 0.29) is 18.3 Å². The number of nitrogens with zero attached hydrogens (tertiary/aromatic N) is 2. The maximum atomic E-state index is 12.3. The molecule has 0 bridgehead atoms. The number of likely N-dealkylation sites (tertiary alicyclic amines) is 1. The Morgan fingerprint density at radius 2 is 2.26 bits per heavy atom. The zero-order chi connectivity index (χ0) is 12.5. The summed E-state index contributed by atoms with van der Waals surface area (Å²) in [5.41, 5.74) is 1.70. The third kappa shape index (κ3) is 3.09. The maximum Gasteiger partial charge on any atom is 0.274 e. The molecule has 1 unspecified atom stereocenters. The number of hydrogen-bond donors (Lipinski definition) is 2. The zero-order valence-electron chi connectivity index (χ0n) is 11.2. The Balaban J connectivity index is 0.00000133. The Bertz CT molecular complexity index is 444. The number of amides is 1. The lowest BCUT2D eigenvalue weighted by molar-refractivity contribution is 0.0692. The SMILES string of the molecule is CNC1CCCN(C(=O)c2cc(C3CC3)[nH]n2)C1.Cl. The number of aromatic amines is 1. The van der Waals surface area contributed by atoms with E-state index in [4.69, 9.17) is 0 Å². The lowest BCUT2D eigenvalue weighted by atomic mass is 10.1. The molecule has 1 aliphatic carbocycles. The van der Waals surface area contributed by atoms with Gasteiger partial charge in [-0.1, -0.05) is 0 Å².